The molecule has 0 spiro atoms. The SMILES string of the molecule is CN1CCN(Cc2cn3cc(Br)nc(N4CCOCC4)c3n2)CC1. The predicted molar refractivity (Wildman–Crippen MR) is 96.5 cm³/mol. The molecule has 130 valence electrons. The van der Waals surface area contributed by atoms with Crippen molar-refractivity contribution in [2.45, 2.75) is 6.54 Å². The van der Waals surface area contributed by atoms with E-state index in [1.807, 2.05) is 6.20 Å². The third-order valence-corrected chi connectivity index (χ3v) is 5.11. The van der Waals surface area contributed by atoms with Crippen molar-refractivity contribution >= 4 is 27.4 Å². The number of rotatable bonds is 3. The second-order valence-electron chi connectivity index (χ2n) is 6.53. The Labute approximate surface area is 150 Å². The minimum atomic E-state index is 0.745. The van der Waals surface area contributed by atoms with Crippen molar-refractivity contribution in [3.05, 3.63) is 22.7 Å². The van der Waals surface area contributed by atoms with Gasteiger partial charge in [-0.3, -0.25) is 4.90 Å². The van der Waals surface area contributed by atoms with Crippen LogP contribution in [0.1, 0.15) is 5.69 Å². The van der Waals surface area contributed by atoms with Crippen LogP contribution in [0.25, 0.3) is 5.65 Å². The maximum atomic E-state index is 5.46. The number of hydrogen-bond acceptors (Lipinski definition) is 6. The zero-order valence-electron chi connectivity index (χ0n) is 14.0. The topological polar surface area (TPSA) is 49.1 Å². The Hall–Kier alpha value is -1.22. The first kappa shape index (κ1) is 16.3. The van der Waals surface area contributed by atoms with E-state index < -0.39 is 0 Å². The van der Waals surface area contributed by atoms with Crippen LogP contribution in [0.5, 0.6) is 0 Å². The quantitative estimate of drug-likeness (QED) is 0.775. The van der Waals surface area contributed by atoms with E-state index in [-0.39, 0.29) is 0 Å². The summed E-state index contributed by atoms with van der Waals surface area (Å²) in [6.45, 7) is 8.56. The number of nitrogens with zero attached hydrogens (tertiary/aromatic N) is 6. The minimum Gasteiger partial charge on any atom is -0.378 e. The highest BCUT2D eigenvalue weighted by molar-refractivity contribution is 9.10. The maximum absolute atomic E-state index is 5.46. The summed E-state index contributed by atoms with van der Waals surface area (Å²) in [5, 5.41) is 0. The van der Waals surface area contributed by atoms with Crippen molar-refractivity contribution in [3.63, 3.8) is 0 Å². The van der Waals surface area contributed by atoms with E-state index in [0.29, 0.717) is 0 Å². The van der Waals surface area contributed by atoms with E-state index in [9.17, 15) is 0 Å². The number of halogens is 1. The summed E-state index contributed by atoms with van der Waals surface area (Å²) in [7, 11) is 2.18. The van der Waals surface area contributed by atoms with Gasteiger partial charge < -0.3 is 18.9 Å². The van der Waals surface area contributed by atoms with Gasteiger partial charge in [0.15, 0.2) is 11.5 Å². The van der Waals surface area contributed by atoms with E-state index in [4.69, 9.17) is 9.72 Å². The predicted octanol–water partition coefficient (Wildman–Crippen LogP) is 1.08. The zero-order valence-corrected chi connectivity index (χ0v) is 15.6. The fraction of sp³-hybridized carbons (Fsp3) is 0.625. The Bertz CT molecular complexity index is 706. The fourth-order valence-electron chi connectivity index (χ4n) is 3.30. The molecular weight excluding hydrogens is 372 g/mol. The first-order valence-corrected chi connectivity index (χ1v) is 9.26. The highest BCUT2D eigenvalue weighted by atomic mass is 79.9. The normalized spacial score (nSPS) is 20.8. The van der Waals surface area contributed by atoms with E-state index >= 15 is 0 Å². The number of ether oxygens (including phenoxy) is 1. The molecule has 0 unspecified atom stereocenters. The number of fused-ring (bicyclic) bond motifs is 1. The molecule has 2 fully saturated rings. The molecule has 7 nitrogen and oxygen atoms in total. The van der Waals surface area contributed by atoms with Crippen molar-refractivity contribution in [1.29, 1.82) is 0 Å². The number of likely N-dealkylation sites (N-methyl/N-ethyl adjacent to an activating group) is 1. The molecule has 0 aliphatic carbocycles. The van der Waals surface area contributed by atoms with Gasteiger partial charge in [0, 0.05) is 58.2 Å². The smallest absolute Gasteiger partial charge is 0.180 e. The summed E-state index contributed by atoms with van der Waals surface area (Å²) in [5.74, 6) is 0.942. The molecule has 4 heterocycles. The molecule has 0 aromatic carbocycles. The molecule has 0 atom stereocenters. The number of aromatic nitrogens is 3. The summed E-state index contributed by atoms with van der Waals surface area (Å²) in [4.78, 5) is 16.7. The van der Waals surface area contributed by atoms with E-state index in [1.54, 1.807) is 0 Å². The van der Waals surface area contributed by atoms with Crippen LogP contribution in [0.2, 0.25) is 0 Å². The number of morpholine rings is 1. The molecular formula is C16H23BrN6O. The molecule has 0 bridgehead atoms. The monoisotopic (exact) mass is 394 g/mol. The Morgan fingerprint density at radius 1 is 1.04 bits per heavy atom. The van der Waals surface area contributed by atoms with Gasteiger partial charge in [-0.2, -0.15) is 0 Å². The van der Waals surface area contributed by atoms with Gasteiger partial charge in [0.1, 0.15) is 4.60 Å². The Balaban J connectivity index is 1.59. The molecule has 24 heavy (non-hydrogen) atoms. The van der Waals surface area contributed by atoms with Gasteiger partial charge in [-0.15, -0.1) is 0 Å². The van der Waals surface area contributed by atoms with Crippen LogP contribution >= 0.6 is 15.9 Å². The van der Waals surface area contributed by atoms with Gasteiger partial charge in [-0.1, -0.05) is 0 Å². The van der Waals surface area contributed by atoms with Crippen molar-refractivity contribution in [2.75, 3.05) is 64.4 Å². The number of hydrogen-bond donors (Lipinski definition) is 0. The first-order chi connectivity index (χ1) is 11.7. The molecule has 2 aromatic rings. The maximum Gasteiger partial charge on any atom is 0.180 e. The Morgan fingerprint density at radius 3 is 2.54 bits per heavy atom. The number of anilines is 1. The van der Waals surface area contributed by atoms with Crippen LogP contribution in [-0.2, 0) is 11.3 Å². The van der Waals surface area contributed by atoms with Crippen LogP contribution < -0.4 is 4.90 Å². The molecule has 0 N–H and O–H groups in total. The fourth-order valence-corrected chi connectivity index (χ4v) is 3.69. The van der Waals surface area contributed by atoms with Crippen LogP contribution in [0, 0.1) is 0 Å². The molecule has 2 aromatic heterocycles. The van der Waals surface area contributed by atoms with E-state index in [1.165, 1.54) is 0 Å². The molecule has 2 aliphatic heterocycles. The standard InChI is InChI=1S/C16H23BrN6O/c1-20-2-4-21(5-3-20)10-13-11-23-12-14(17)19-16(15(23)18-13)22-6-8-24-9-7-22/h11-12H,2-10H2,1H3. The van der Waals surface area contributed by atoms with Gasteiger partial charge >= 0.3 is 0 Å². The average molecular weight is 395 g/mol. The van der Waals surface area contributed by atoms with Crippen LogP contribution in [0.15, 0.2) is 17.0 Å². The summed E-state index contributed by atoms with van der Waals surface area (Å²) < 4.78 is 8.38. The molecule has 2 aliphatic rings. The third-order valence-electron chi connectivity index (χ3n) is 4.73. The Morgan fingerprint density at radius 2 is 1.79 bits per heavy atom. The molecule has 0 saturated carbocycles. The van der Waals surface area contributed by atoms with Crippen LogP contribution in [-0.4, -0.2) is 83.7 Å². The molecule has 4 rings (SSSR count). The lowest BCUT2D eigenvalue weighted by Crippen LogP contribution is -2.43. The molecule has 0 amide bonds. The van der Waals surface area contributed by atoms with Crippen LogP contribution in [0.3, 0.4) is 0 Å². The second kappa shape index (κ2) is 6.95. The highest BCUT2D eigenvalue weighted by Crippen LogP contribution is 2.23. The third kappa shape index (κ3) is 3.42. The van der Waals surface area contributed by atoms with Crippen molar-refractivity contribution in [3.8, 4) is 0 Å². The van der Waals surface area contributed by atoms with E-state index in [2.05, 4.69) is 53.3 Å². The molecule has 8 heteroatoms. The average Bonchev–Trinajstić information content (AvgIpc) is 2.99. The second-order valence-corrected chi connectivity index (χ2v) is 7.34. The zero-order chi connectivity index (χ0) is 16.5. The lowest BCUT2D eigenvalue weighted by Gasteiger charge is -2.31. The largest absolute Gasteiger partial charge is 0.378 e. The number of imidazole rings is 1. The summed E-state index contributed by atoms with van der Waals surface area (Å²) in [6.07, 6.45) is 4.11. The van der Waals surface area contributed by atoms with Gasteiger partial charge in [-0.25, -0.2) is 9.97 Å². The van der Waals surface area contributed by atoms with Gasteiger partial charge in [-0.05, 0) is 23.0 Å². The minimum absolute atomic E-state index is 0.745. The van der Waals surface area contributed by atoms with Crippen molar-refractivity contribution in [2.24, 2.45) is 0 Å². The van der Waals surface area contributed by atoms with Gasteiger partial charge in [0.2, 0.25) is 0 Å². The Kier molecular flexibility index (Phi) is 4.71. The number of piperazine rings is 1. The highest BCUT2D eigenvalue weighted by Gasteiger charge is 2.20. The summed E-state index contributed by atoms with van der Waals surface area (Å²) in [5.41, 5.74) is 2.04. The summed E-state index contributed by atoms with van der Waals surface area (Å²) in [6, 6.07) is 0. The summed E-state index contributed by atoms with van der Waals surface area (Å²) >= 11 is 3.53. The van der Waals surface area contributed by atoms with Crippen molar-refractivity contribution < 1.29 is 4.74 Å². The first-order valence-electron chi connectivity index (χ1n) is 8.47. The van der Waals surface area contributed by atoms with Gasteiger partial charge in [0.25, 0.3) is 0 Å². The lowest BCUT2D eigenvalue weighted by atomic mass is 10.3. The van der Waals surface area contributed by atoms with E-state index in [0.717, 1.165) is 80.8 Å². The van der Waals surface area contributed by atoms with Crippen LogP contribution in [0.4, 0.5) is 5.82 Å². The molecule has 2 saturated heterocycles. The molecule has 0 radical (unpaired) electrons. The van der Waals surface area contributed by atoms with Gasteiger partial charge in [0.05, 0.1) is 18.9 Å². The van der Waals surface area contributed by atoms with Crippen molar-refractivity contribution in [1.82, 2.24) is 24.2 Å². The lowest BCUT2D eigenvalue weighted by molar-refractivity contribution is 0.122.